The van der Waals surface area contributed by atoms with Gasteiger partial charge in [0.1, 0.15) is 17.2 Å². The zero-order chi connectivity index (χ0) is 15.1. The maximum absolute atomic E-state index is 13.5. The van der Waals surface area contributed by atoms with E-state index in [-0.39, 0.29) is 5.82 Å². The van der Waals surface area contributed by atoms with Gasteiger partial charge in [-0.2, -0.15) is 5.10 Å². The second-order valence-corrected chi connectivity index (χ2v) is 5.02. The van der Waals surface area contributed by atoms with Gasteiger partial charge in [0.25, 0.3) is 0 Å². The van der Waals surface area contributed by atoms with E-state index in [0.29, 0.717) is 11.4 Å². The van der Waals surface area contributed by atoms with Crippen molar-refractivity contribution in [3.8, 4) is 22.5 Å². The molecule has 6 heteroatoms. The number of hydrogen-bond acceptors (Lipinski definition) is 3. The molecular formula is C16H12FN5. The van der Waals surface area contributed by atoms with E-state index in [4.69, 9.17) is 0 Å². The SMILES string of the molecule is Cn1cc(-c2ccnc3[nH]ccc23)c(-c2cc(F)ccn2)n1. The Morgan fingerprint density at radius 1 is 1.09 bits per heavy atom. The van der Waals surface area contributed by atoms with Crippen molar-refractivity contribution in [3.05, 3.63) is 54.9 Å². The third kappa shape index (κ3) is 1.96. The first-order valence-electron chi connectivity index (χ1n) is 6.80. The second kappa shape index (κ2) is 4.77. The van der Waals surface area contributed by atoms with Crippen LogP contribution >= 0.6 is 0 Å². The number of halogens is 1. The highest BCUT2D eigenvalue weighted by Crippen LogP contribution is 2.33. The van der Waals surface area contributed by atoms with Gasteiger partial charge in [0, 0.05) is 48.9 Å². The van der Waals surface area contributed by atoms with Crippen molar-refractivity contribution in [3.63, 3.8) is 0 Å². The van der Waals surface area contributed by atoms with Crippen LogP contribution in [-0.2, 0) is 7.05 Å². The van der Waals surface area contributed by atoms with Gasteiger partial charge in [0.2, 0.25) is 0 Å². The molecule has 0 unspecified atom stereocenters. The van der Waals surface area contributed by atoms with E-state index in [1.54, 1.807) is 10.9 Å². The summed E-state index contributed by atoms with van der Waals surface area (Å²) in [6, 6.07) is 6.60. The van der Waals surface area contributed by atoms with Gasteiger partial charge in [-0.1, -0.05) is 0 Å². The van der Waals surface area contributed by atoms with E-state index in [2.05, 4.69) is 20.1 Å². The van der Waals surface area contributed by atoms with E-state index >= 15 is 0 Å². The Balaban J connectivity index is 1.99. The van der Waals surface area contributed by atoms with Crippen molar-refractivity contribution in [2.45, 2.75) is 0 Å². The number of H-pyrrole nitrogens is 1. The average molecular weight is 293 g/mol. The van der Waals surface area contributed by atoms with Crippen LogP contribution in [0.15, 0.2) is 49.1 Å². The Hall–Kier alpha value is -3.02. The van der Waals surface area contributed by atoms with Crippen molar-refractivity contribution < 1.29 is 4.39 Å². The first-order valence-corrected chi connectivity index (χ1v) is 6.80. The topological polar surface area (TPSA) is 59.4 Å². The summed E-state index contributed by atoms with van der Waals surface area (Å²) in [4.78, 5) is 11.6. The number of nitrogens with one attached hydrogen (secondary N) is 1. The Kier molecular flexibility index (Phi) is 2.75. The largest absolute Gasteiger partial charge is 0.346 e. The summed E-state index contributed by atoms with van der Waals surface area (Å²) >= 11 is 0. The number of aromatic nitrogens is 5. The average Bonchev–Trinajstić information content (AvgIpc) is 3.13. The Morgan fingerprint density at radius 2 is 1.95 bits per heavy atom. The van der Waals surface area contributed by atoms with Crippen molar-refractivity contribution >= 4 is 11.0 Å². The standard InChI is InChI=1S/C16H12FN5/c1-22-9-13(11-3-6-19-16-12(11)4-7-20-16)15(21-22)14-8-10(17)2-5-18-14/h2-9H,1H3,(H,19,20). The molecule has 108 valence electrons. The molecule has 0 radical (unpaired) electrons. The summed E-state index contributed by atoms with van der Waals surface area (Å²) < 4.78 is 15.2. The van der Waals surface area contributed by atoms with Gasteiger partial charge in [-0.05, 0) is 23.8 Å². The lowest BCUT2D eigenvalue weighted by atomic mass is 10.0. The van der Waals surface area contributed by atoms with Gasteiger partial charge in [0.15, 0.2) is 0 Å². The number of hydrogen-bond donors (Lipinski definition) is 1. The molecular weight excluding hydrogens is 281 g/mol. The van der Waals surface area contributed by atoms with E-state index < -0.39 is 0 Å². The normalized spacial score (nSPS) is 11.2. The highest BCUT2D eigenvalue weighted by molar-refractivity contribution is 5.96. The third-order valence-electron chi connectivity index (χ3n) is 3.54. The minimum atomic E-state index is -0.330. The molecule has 4 aromatic heterocycles. The Morgan fingerprint density at radius 3 is 2.82 bits per heavy atom. The highest BCUT2D eigenvalue weighted by atomic mass is 19.1. The van der Waals surface area contributed by atoms with E-state index in [1.165, 1.54) is 18.3 Å². The summed E-state index contributed by atoms with van der Waals surface area (Å²) in [6.07, 6.45) is 6.94. The van der Waals surface area contributed by atoms with Crippen molar-refractivity contribution in [1.29, 1.82) is 0 Å². The van der Waals surface area contributed by atoms with E-state index in [1.807, 2.05) is 31.6 Å². The van der Waals surface area contributed by atoms with Gasteiger partial charge in [-0.25, -0.2) is 9.37 Å². The Bertz CT molecular complexity index is 970. The molecule has 0 amide bonds. The molecule has 1 N–H and O–H groups in total. The van der Waals surface area contributed by atoms with Crippen LogP contribution in [0.5, 0.6) is 0 Å². The molecule has 0 atom stereocenters. The summed E-state index contributed by atoms with van der Waals surface area (Å²) in [5.74, 6) is -0.330. The fraction of sp³-hybridized carbons (Fsp3) is 0.0625. The monoisotopic (exact) mass is 293 g/mol. The molecule has 4 heterocycles. The molecule has 0 aliphatic heterocycles. The molecule has 5 nitrogen and oxygen atoms in total. The van der Waals surface area contributed by atoms with Crippen LogP contribution in [0.2, 0.25) is 0 Å². The maximum Gasteiger partial charge on any atom is 0.137 e. The molecule has 0 spiro atoms. The minimum absolute atomic E-state index is 0.330. The molecule has 0 saturated carbocycles. The second-order valence-electron chi connectivity index (χ2n) is 5.02. The molecule has 0 aliphatic carbocycles. The molecule has 0 bridgehead atoms. The van der Waals surface area contributed by atoms with Gasteiger partial charge in [-0.15, -0.1) is 0 Å². The number of nitrogens with zero attached hydrogens (tertiary/aromatic N) is 4. The number of aromatic amines is 1. The van der Waals surface area contributed by atoms with Gasteiger partial charge in [0.05, 0.1) is 5.69 Å². The Labute approximate surface area is 125 Å². The van der Waals surface area contributed by atoms with Gasteiger partial charge in [-0.3, -0.25) is 9.67 Å². The number of fused-ring (bicyclic) bond motifs is 1. The van der Waals surface area contributed by atoms with Crippen LogP contribution in [0, 0.1) is 5.82 Å². The molecule has 0 aliphatic rings. The fourth-order valence-electron chi connectivity index (χ4n) is 2.60. The number of pyridine rings is 2. The molecule has 4 aromatic rings. The highest BCUT2D eigenvalue weighted by Gasteiger charge is 2.16. The molecule has 0 aromatic carbocycles. The molecule has 4 rings (SSSR count). The molecule has 0 fully saturated rings. The van der Waals surface area contributed by atoms with Crippen LogP contribution in [0.3, 0.4) is 0 Å². The van der Waals surface area contributed by atoms with Crippen LogP contribution in [-0.4, -0.2) is 24.7 Å². The van der Waals surface area contributed by atoms with Crippen LogP contribution < -0.4 is 0 Å². The predicted octanol–water partition coefficient (Wildman–Crippen LogP) is 3.16. The van der Waals surface area contributed by atoms with Gasteiger partial charge >= 0.3 is 0 Å². The van der Waals surface area contributed by atoms with Crippen molar-refractivity contribution in [1.82, 2.24) is 24.7 Å². The van der Waals surface area contributed by atoms with Crippen molar-refractivity contribution in [2.24, 2.45) is 7.05 Å². The fourth-order valence-corrected chi connectivity index (χ4v) is 2.60. The predicted molar refractivity (Wildman–Crippen MR) is 81.5 cm³/mol. The summed E-state index contributed by atoms with van der Waals surface area (Å²) in [5, 5.41) is 5.44. The molecule has 0 saturated heterocycles. The zero-order valence-corrected chi connectivity index (χ0v) is 11.8. The van der Waals surface area contributed by atoms with Gasteiger partial charge < -0.3 is 4.98 Å². The number of aryl methyl sites for hydroxylation is 1. The quantitative estimate of drug-likeness (QED) is 0.617. The summed E-state index contributed by atoms with van der Waals surface area (Å²) in [7, 11) is 1.84. The summed E-state index contributed by atoms with van der Waals surface area (Å²) in [6.45, 7) is 0. The lowest BCUT2D eigenvalue weighted by Crippen LogP contribution is -1.91. The lowest BCUT2D eigenvalue weighted by Gasteiger charge is -2.03. The number of rotatable bonds is 2. The van der Waals surface area contributed by atoms with Crippen LogP contribution in [0.4, 0.5) is 4.39 Å². The molecule has 22 heavy (non-hydrogen) atoms. The van der Waals surface area contributed by atoms with Crippen molar-refractivity contribution in [2.75, 3.05) is 0 Å². The third-order valence-corrected chi connectivity index (χ3v) is 3.54. The van der Waals surface area contributed by atoms with Crippen LogP contribution in [0.1, 0.15) is 0 Å². The maximum atomic E-state index is 13.5. The summed E-state index contributed by atoms with van der Waals surface area (Å²) in [5.41, 5.74) is 3.85. The zero-order valence-electron chi connectivity index (χ0n) is 11.8. The van der Waals surface area contributed by atoms with E-state index in [9.17, 15) is 4.39 Å². The van der Waals surface area contributed by atoms with Crippen LogP contribution in [0.25, 0.3) is 33.5 Å². The first-order chi connectivity index (χ1) is 10.7. The first kappa shape index (κ1) is 12.7. The smallest absolute Gasteiger partial charge is 0.137 e. The van der Waals surface area contributed by atoms with E-state index in [0.717, 1.165) is 22.2 Å². The minimum Gasteiger partial charge on any atom is -0.346 e. The lowest BCUT2D eigenvalue weighted by molar-refractivity contribution is 0.626.